The molecule has 2 aromatic heterocycles. The summed E-state index contributed by atoms with van der Waals surface area (Å²) in [4.78, 5) is 16.0. The van der Waals surface area contributed by atoms with Crippen LogP contribution in [0.4, 0.5) is 5.69 Å². The zero-order chi connectivity index (χ0) is 13.1. The average molecular weight is 309 g/mol. The van der Waals surface area contributed by atoms with Gasteiger partial charge in [0.25, 0.3) is 5.91 Å². The normalized spacial score (nSPS) is 10.4. The number of halogens is 1. The average Bonchev–Trinajstić information content (AvgIpc) is 2.69. The summed E-state index contributed by atoms with van der Waals surface area (Å²) in [6.45, 7) is 2.00. The van der Waals surface area contributed by atoms with Crippen molar-refractivity contribution >= 4 is 27.5 Å². The molecule has 0 spiro atoms. The van der Waals surface area contributed by atoms with Crippen molar-refractivity contribution in [3.63, 3.8) is 0 Å². The summed E-state index contributed by atoms with van der Waals surface area (Å²) in [7, 11) is 1.83. The van der Waals surface area contributed by atoms with Crippen LogP contribution in [0.2, 0.25) is 0 Å². The number of hydrogen-bond acceptors (Lipinski definition) is 3. The van der Waals surface area contributed by atoms with E-state index >= 15 is 0 Å². The summed E-state index contributed by atoms with van der Waals surface area (Å²) < 4.78 is 2.33. The van der Waals surface area contributed by atoms with E-state index in [9.17, 15) is 4.79 Å². The third-order valence-corrected chi connectivity index (χ3v) is 2.91. The van der Waals surface area contributed by atoms with Gasteiger partial charge in [-0.2, -0.15) is 5.10 Å². The standard InChI is InChI=1S/C12H13BrN4O/c1-3-9-10(7-17(2)16-9)15-12(18)8-4-5-14-11(13)6-8/h4-7H,3H2,1-2H3,(H,15,18). The Morgan fingerprint density at radius 3 is 3.00 bits per heavy atom. The van der Waals surface area contributed by atoms with Crippen molar-refractivity contribution < 1.29 is 4.79 Å². The van der Waals surface area contributed by atoms with Crippen LogP contribution in [0.3, 0.4) is 0 Å². The quantitative estimate of drug-likeness (QED) is 0.886. The molecule has 0 radical (unpaired) electrons. The maximum absolute atomic E-state index is 12.0. The lowest BCUT2D eigenvalue weighted by Crippen LogP contribution is -2.12. The molecule has 1 N–H and O–H groups in total. The molecule has 0 atom stereocenters. The van der Waals surface area contributed by atoms with Gasteiger partial charge in [-0.3, -0.25) is 9.48 Å². The van der Waals surface area contributed by atoms with Gasteiger partial charge in [-0.15, -0.1) is 0 Å². The molecule has 0 unspecified atom stereocenters. The van der Waals surface area contributed by atoms with Gasteiger partial charge in [0, 0.05) is 25.0 Å². The maximum atomic E-state index is 12.0. The fourth-order valence-corrected chi connectivity index (χ4v) is 2.00. The minimum Gasteiger partial charge on any atom is -0.319 e. The number of nitrogens with zero attached hydrogens (tertiary/aromatic N) is 3. The van der Waals surface area contributed by atoms with E-state index in [1.54, 1.807) is 29.2 Å². The molecule has 0 bridgehead atoms. The molecule has 0 aromatic carbocycles. The van der Waals surface area contributed by atoms with E-state index in [1.807, 2.05) is 14.0 Å². The zero-order valence-electron chi connectivity index (χ0n) is 10.1. The molecule has 0 aliphatic carbocycles. The van der Waals surface area contributed by atoms with E-state index in [-0.39, 0.29) is 5.91 Å². The summed E-state index contributed by atoms with van der Waals surface area (Å²) in [6, 6.07) is 3.35. The molecule has 18 heavy (non-hydrogen) atoms. The van der Waals surface area contributed by atoms with Crippen LogP contribution in [0.1, 0.15) is 23.0 Å². The molecule has 5 nitrogen and oxygen atoms in total. The van der Waals surface area contributed by atoms with Gasteiger partial charge in [-0.25, -0.2) is 4.98 Å². The number of aromatic nitrogens is 3. The van der Waals surface area contributed by atoms with Crippen LogP contribution >= 0.6 is 15.9 Å². The molecule has 2 heterocycles. The number of carbonyl (C=O) groups is 1. The first-order chi connectivity index (χ1) is 8.60. The van der Waals surface area contributed by atoms with Crippen LogP contribution in [0.25, 0.3) is 0 Å². The minimum atomic E-state index is -0.166. The van der Waals surface area contributed by atoms with Crippen molar-refractivity contribution in [2.24, 2.45) is 7.05 Å². The highest BCUT2D eigenvalue weighted by Crippen LogP contribution is 2.16. The highest BCUT2D eigenvalue weighted by Gasteiger charge is 2.11. The van der Waals surface area contributed by atoms with Crippen molar-refractivity contribution in [1.29, 1.82) is 0 Å². The van der Waals surface area contributed by atoms with E-state index in [0.29, 0.717) is 10.2 Å². The molecule has 0 saturated carbocycles. The number of amides is 1. The Balaban J connectivity index is 2.21. The van der Waals surface area contributed by atoms with Gasteiger partial charge in [0.2, 0.25) is 0 Å². The van der Waals surface area contributed by atoms with Crippen LogP contribution in [-0.2, 0) is 13.5 Å². The predicted octanol–water partition coefficient (Wildman–Crippen LogP) is 2.39. The van der Waals surface area contributed by atoms with Gasteiger partial charge < -0.3 is 5.32 Å². The van der Waals surface area contributed by atoms with Gasteiger partial charge >= 0.3 is 0 Å². The third kappa shape index (κ3) is 2.76. The second kappa shape index (κ2) is 5.30. The van der Waals surface area contributed by atoms with Gasteiger partial charge in [-0.05, 0) is 34.5 Å². The lowest BCUT2D eigenvalue weighted by Gasteiger charge is -2.04. The lowest BCUT2D eigenvalue weighted by atomic mass is 10.2. The van der Waals surface area contributed by atoms with E-state index in [4.69, 9.17) is 0 Å². The molecule has 2 rings (SSSR count). The number of nitrogens with one attached hydrogen (secondary N) is 1. The molecule has 0 fully saturated rings. The van der Waals surface area contributed by atoms with Crippen molar-refractivity contribution in [2.45, 2.75) is 13.3 Å². The lowest BCUT2D eigenvalue weighted by molar-refractivity contribution is 0.102. The number of hydrogen-bond donors (Lipinski definition) is 1. The Kier molecular flexibility index (Phi) is 3.76. The second-order valence-electron chi connectivity index (χ2n) is 3.84. The molecular weight excluding hydrogens is 296 g/mol. The maximum Gasteiger partial charge on any atom is 0.255 e. The van der Waals surface area contributed by atoms with Gasteiger partial charge in [0.1, 0.15) is 4.60 Å². The molecular formula is C12H13BrN4O. The first kappa shape index (κ1) is 12.8. The summed E-state index contributed by atoms with van der Waals surface area (Å²) in [6.07, 6.45) is 4.16. The van der Waals surface area contributed by atoms with Crippen LogP contribution < -0.4 is 5.32 Å². The van der Waals surface area contributed by atoms with Crippen molar-refractivity contribution in [3.8, 4) is 0 Å². The fraction of sp³-hybridized carbons (Fsp3) is 0.250. The van der Waals surface area contributed by atoms with E-state index < -0.39 is 0 Å². The monoisotopic (exact) mass is 308 g/mol. The summed E-state index contributed by atoms with van der Waals surface area (Å²) in [5, 5.41) is 7.13. The molecule has 2 aromatic rings. The molecule has 0 aliphatic rings. The highest BCUT2D eigenvalue weighted by atomic mass is 79.9. The summed E-state index contributed by atoms with van der Waals surface area (Å²) in [5.74, 6) is -0.166. The van der Waals surface area contributed by atoms with Crippen molar-refractivity contribution in [1.82, 2.24) is 14.8 Å². The van der Waals surface area contributed by atoms with Crippen molar-refractivity contribution in [3.05, 3.63) is 40.4 Å². The Bertz CT molecular complexity index is 579. The number of rotatable bonds is 3. The Morgan fingerprint density at radius 1 is 1.56 bits per heavy atom. The minimum absolute atomic E-state index is 0.166. The van der Waals surface area contributed by atoms with E-state index in [0.717, 1.165) is 17.8 Å². The molecule has 6 heteroatoms. The van der Waals surface area contributed by atoms with Crippen LogP contribution in [-0.4, -0.2) is 20.7 Å². The second-order valence-corrected chi connectivity index (χ2v) is 4.65. The van der Waals surface area contributed by atoms with Crippen LogP contribution in [0, 0.1) is 0 Å². The number of carbonyl (C=O) groups excluding carboxylic acids is 1. The summed E-state index contributed by atoms with van der Waals surface area (Å²) in [5.41, 5.74) is 2.18. The van der Waals surface area contributed by atoms with Gasteiger partial charge in [0.15, 0.2) is 0 Å². The van der Waals surface area contributed by atoms with E-state index in [2.05, 4.69) is 31.3 Å². The zero-order valence-corrected chi connectivity index (χ0v) is 11.7. The highest BCUT2D eigenvalue weighted by molar-refractivity contribution is 9.10. The molecule has 0 aliphatic heterocycles. The largest absolute Gasteiger partial charge is 0.319 e. The fourth-order valence-electron chi connectivity index (χ4n) is 1.64. The van der Waals surface area contributed by atoms with Gasteiger partial charge in [0.05, 0.1) is 11.4 Å². The Hall–Kier alpha value is -1.69. The van der Waals surface area contributed by atoms with Crippen LogP contribution in [0.15, 0.2) is 29.1 Å². The smallest absolute Gasteiger partial charge is 0.255 e. The number of anilines is 1. The molecule has 94 valence electrons. The molecule has 1 amide bonds. The Labute approximate surface area is 113 Å². The first-order valence-corrected chi connectivity index (χ1v) is 6.35. The third-order valence-electron chi connectivity index (χ3n) is 2.48. The number of pyridine rings is 1. The number of aryl methyl sites for hydroxylation is 2. The van der Waals surface area contributed by atoms with Crippen molar-refractivity contribution in [2.75, 3.05) is 5.32 Å². The van der Waals surface area contributed by atoms with E-state index in [1.165, 1.54) is 0 Å². The van der Waals surface area contributed by atoms with Gasteiger partial charge in [-0.1, -0.05) is 6.92 Å². The Morgan fingerprint density at radius 2 is 2.33 bits per heavy atom. The molecule has 0 saturated heterocycles. The summed E-state index contributed by atoms with van der Waals surface area (Å²) >= 11 is 3.24. The topological polar surface area (TPSA) is 59.8 Å². The first-order valence-electron chi connectivity index (χ1n) is 5.55. The predicted molar refractivity (Wildman–Crippen MR) is 72.5 cm³/mol. The van der Waals surface area contributed by atoms with Crippen LogP contribution in [0.5, 0.6) is 0 Å². The SMILES string of the molecule is CCc1nn(C)cc1NC(=O)c1ccnc(Br)c1.